The van der Waals surface area contributed by atoms with Gasteiger partial charge in [0.25, 0.3) is 6.01 Å². The summed E-state index contributed by atoms with van der Waals surface area (Å²) in [6, 6.07) is 8.66. The van der Waals surface area contributed by atoms with Crippen LogP contribution in [0.5, 0.6) is 0 Å². The highest BCUT2D eigenvalue weighted by Gasteiger charge is 2.49. The summed E-state index contributed by atoms with van der Waals surface area (Å²) in [6.45, 7) is 2.69. The van der Waals surface area contributed by atoms with Gasteiger partial charge in [-0.25, -0.2) is 0 Å². The lowest BCUT2D eigenvalue weighted by Gasteiger charge is -2.48. The molecule has 4 heteroatoms. The van der Waals surface area contributed by atoms with Crippen molar-refractivity contribution in [2.45, 2.75) is 18.4 Å². The first-order valence-corrected chi connectivity index (χ1v) is 6.08. The van der Waals surface area contributed by atoms with Gasteiger partial charge in [0.05, 0.1) is 12.1 Å². The summed E-state index contributed by atoms with van der Waals surface area (Å²) in [5.41, 5.74) is 1.97. The number of oxazole rings is 1. The molecule has 0 aliphatic carbocycles. The topological polar surface area (TPSA) is 38.5 Å². The molecular formula is C13H14N2O2. The Balaban J connectivity index is 1.74. The highest BCUT2D eigenvalue weighted by molar-refractivity contribution is 5.74. The summed E-state index contributed by atoms with van der Waals surface area (Å²) in [5, 5.41) is 0. The number of anilines is 1. The van der Waals surface area contributed by atoms with Gasteiger partial charge >= 0.3 is 0 Å². The van der Waals surface area contributed by atoms with Gasteiger partial charge in [-0.2, -0.15) is 4.98 Å². The van der Waals surface area contributed by atoms with Crippen molar-refractivity contribution in [2.24, 2.45) is 0 Å². The van der Waals surface area contributed by atoms with Crippen LogP contribution in [-0.4, -0.2) is 30.3 Å². The predicted octanol–water partition coefficient (Wildman–Crippen LogP) is 2.20. The SMILES string of the molecule is c1ccc2oc(N3CCC34CCOC4)nc2c1. The zero-order valence-corrected chi connectivity index (χ0v) is 9.56. The average molecular weight is 230 g/mol. The second kappa shape index (κ2) is 3.23. The van der Waals surface area contributed by atoms with Gasteiger partial charge in [0.1, 0.15) is 5.52 Å². The van der Waals surface area contributed by atoms with Gasteiger partial charge in [-0.1, -0.05) is 12.1 Å². The van der Waals surface area contributed by atoms with Crippen LogP contribution >= 0.6 is 0 Å². The fraction of sp³-hybridized carbons (Fsp3) is 0.462. The third kappa shape index (κ3) is 1.24. The van der Waals surface area contributed by atoms with Crippen molar-refractivity contribution >= 4 is 17.1 Å². The summed E-state index contributed by atoms with van der Waals surface area (Å²) < 4.78 is 11.3. The third-order valence-electron chi connectivity index (χ3n) is 3.97. The molecule has 88 valence electrons. The molecule has 17 heavy (non-hydrogen) atoms. The molecule has 1 aromatic carbocycles. The molecule has 2 fully saturated rings. The number of para-hydroxylation sites is 2. The molecule has 4 rings (SSSR count). The van der Waals surface area contributed by atoms with Crippen LogP contribution in [0.1, 0.15) is 12.8 Å². The van der Waals surface area contributed by atoms with Gasteiger partial charge in [-0.3, -0.25) is 0 Å². The number of ether oxygens (including phenoxy) is 1. The molecule has 2 aromatic rings. The van der Waals surface area contributed by atoms with Crippen molar-refractivity contribution in [1.82, 2.24) is 4.98 Å². The van der Waals surface area contributed by atoms with E-state index in [-0.39, 0.29) is 5.54 Å². The van der Waals surface area contributed by atoms with Crippen LogP contribution in [0.4, 0.5) is 6.01 Å². The van der Waals surface area contributed by atoms with Crippen molar-refractivity contribution in [3.63, 3.8) is 0 Å². The van der Waals surface area contributed by atoms with E-state index in [9.17, 15) is 0 Å². The minimum Gasteiger partial charge on any atom is -0.423 e. The molecule has 0 saturated carbocycles. The minimum absolute atomic E-state index is 0.168. The van der Waals surface area contributed by atoms with E-state index in [1.165, 1.54) is 6.42 Å². The Morgan fingerprint density at radius 2 is 2.18 bits per heavy atom. The van der Waals surface area contributed by atoms with Gasteiger partial charge < -0.3 is 14.1 Å². The summed E-state index contributed by atoms with van der Waals surface area (Å²) in [7, 11) is 0. The Kier molecular flexibility index (Phi) is 1.80. The summed E-state index contributed by atoms with van der Waals surface area (Å²) in [6.07, 6.45) is 2.28. The fourth-order valence-corrected chi connectivity index (χ4v) is 2.82. The summed E-state index contributed by atoms with van der Waals surface area (Å²) >= 11 is 0. The first-order valence-electron chi connectivity index (χ1n) is 6.08. The van der Waals surface area contributed by atoms with E-state index in [4.69, 9.17) is 9.15 Å². The Bertz CT molecular complexity index is 524. The van der Waals surface area contributed by atoms with Crippen LogP contribution in [0, 0.1) is 0 Å². The first kappa shape index (κ1) is 9.48. The number of hydrogen-bond donors (Lipinski definition) is 0. The fourth-order valence-electron chi connectivity index (χ4n) is 2.82. The highest BCUT2D eigenvalue weighted by Crippen LogP contribution is 2.41. The van der Waals surface area contributed by atoms with Crippen LogP contribution < -0.4 is 4.90 Å². The Morgan fingerprint density at radius 1 is 1.24 bits per heavy atom. The molecule has 2 aliphatic rings. The van der Waals surface area contributed by atoms with Crippen molar-refractivity contribution < 1.29 is 9.15 Å². The van der Waals surface area contributed by atoms with Gasteiger partial charge in [0, 0.05) is 13.2 Å². The van der Waals surface area contributed by atoms with E-state index >= 15 is 0 Å². The maximum absolute atomic E-state index is 5.82. The number of aromatic nitrogens is 1. The molecule has 0 amide bonds. The van der Waals surface area contributed by atoms with E-state index < -0.39 is 0 Å². The maximum Gasteiger partial charge on any atom is 0.298 e. The van der Waals surface area contributed by atoms with Crippen molar-refractivity contribution in [3.05, 3.63) is 24.3 Å². The van der Waals surface area contributed by atoms with Crippen LogP contribution in [0.15, 0.2) is 28.7 Å². The van der Waals surface area contributed by atoms with Crippen molar-refractivity contribution in [3.8, 4) is 0 Å². The zero-order chi connectivity index (χ0) is 11.3. The van der Waals surface area contributed by atoms with Gasteiger partial charge in [0.15, 0.2) is 5.58 Å². The molecule has 0 N–H and O–H groups in total. The third-order valence-corrected chi connectivity index (χ3v) is 3.97. The van der Waals surface area contributed by atoms with E-state index in [0.717, 1.165) is 43.3 Å². The molecule has 4 nitrogen and oxygen atoms in total. The quantitative estimate of drug-likeness (QED) is 0.752. The Morgan fingerprint density at radius 3 is 2.88 bits per heavy atom. The number of hydrogen-bond acceptors (Lipinski definition) is 4. The monoisotopic (exact) mass is 230 g/mol. The molecule has 3 heterocycles. The molecule has 1 spiro atoms. The second-order valence-electron chi connectivity index (χ2n) is 4.89. The number of nitrogens with zero attached hydrogens (tertiary/aromatic N) is 2. The lowest BCUT2D eigenvalue weighted by atomic mass is 9.84. The normalized spacial score (nSPS) is 27.9. The van der Waals surface area contributed by atoms with Gasteiger partial charge in [-0.15, -0.1) is 0 Å². The summed E-state index contributed by atoms with van der Waals surface area (Å²) in [4.78, 5) is 6.82. The van der Waals surface area contributed by atoms with E-state index in [1.807, 2.05) is 24.3 Å². The number of fused-ring (bicyclic) bond motifs is 1. The zero-order valence-electron chi connectivity index (χ0n) is 9.56. The van der Waals surface area contributed by atoms with Crippen LogP contribution in [0.3, 0.4) is 0 Å². The van der Waals surface area contributed by atoms with Crippen molar-refractivity contribution in [1.29, 1.82) is 0 Å². The Hall–Kier alpha value is -1.55. The molecule has 1 unspecified atom stereocenters. The standard InChI is InChI=1S/C13H14N2O2/c1-2-4-11-10(3-1)14-12(17-11)15-7-5-13(15)6-8-16-9-13/h1-4H,5-9H2. The van der Waals surface area contributed by atoms with E-state index in [0.29, 0.717) is 0 Å². The van der Waals surface area contributed by atoms with E-state index in [1.54, 1.807) is 0 Å². The lowest BCUT2D eigenvalue weighted by Crippen LogP contribution is -2.61. The molecule has 0 bridgehead atoms. The molecular weight excluding hydrogens is 216 g/mol. The largest absolute Gasteiger partial charge is 0.423 e. The lowest BCUT2D eigenvalue weighted by molar-refractivity contribution is 0.153. The maximum atomic E-state index is 5.82. The predicted molar refractivity (Wildman–Crippen MR) is 64.1 cm³/mol. The van der Waals surface area contributed by atoms with Crippen LogP contribution in [-0.2, 0) is 4.74 Å². The molecule has 2 aliphatic heterocycles. The average Bonchev–Trinajstić information content (AvgIpc) is 2.95. The molecule has 1 aromatic heterocycles. The number of benzene rings is 1. The first-order chi connectivity index (χ1) is 8.37. The van der Waals surface area contributed by atoms with Gasteiger partial charge in [0.2, 0.25) is 0 Å². The molecule has 0 radical (unpaired) electrons. The number of rotatable bonds is 1. The molecule has 2 saturated heterocycles. The minimum atomic E-state index is 0.168. The van der Waals surface area contributed by atoms with Gasteiger partial charge in [-0.05, 0) is 25.0 Å². The highest BCUT2D eigenvalue weighted by atomic mass is 16.5. The van der Waals surface area contributed by atoms with Crippen molar-refractivity contribution in [2.75, 3.05) is 24.7 Å². The smallest absolute Gasteiger partial charge is 0.298 e. The second-order valence-corrected chi connectivity index (χ2v) is 4.89. The Labute approximate surface area is 99.2 Å². The van der Waals surface area contributed by atoms with Crippen LogP contribution in [0.25, 0.3) is 11.1 Å². The molecule has 1 atom stereocenters. The summed E-state index contributed by atoms with van der Waals surface area (Å²) in [5.74, 6) is 0. The van der Waals surface area contributed by atoms with Crippen LogP contribution in [0.2, 0.25) is 0 Å². The van der Waals surface area contributed by atoms with E-state index in [2.05, 4.69) is 9.88 Å².